The fourth-order valence-corrected chi connectivity index (χ4v) is 2.72. The van der Waals surface area contributed by atoms with Crippen molar-refractivity contribution in [2.45, 2.75) is 58.2 Å². The number of hydroxylamine groups is 2. The first-order valence-electron chi connectivity index (χ1n) is 8.98. The molecular weight excluding hydrogens is 362 g/mol. The number of carbonyl (C=O) groups is 3. The fraction of sp³-hybridized carbons (Fsp3) is 0.450. The predicted octanol–water partition coefficient (Wildman–Crippen LogP) is 2.25. The van der Waals surface area contributed by atoms with Gasteiger partial charge >= 0.3 is 5.97 Å². The highest BCUT2D eigenvalue weighted by atomic mass is 16.7. The smallest absolute Gasteiger partial charge is 0.326 e. The Morgan fingerprint density at radius 2 is 1.89 bits per heavy atom. The Bertz CT molecular complexity index is 866. The first kappa shape index (κ1) is 21.4. The average Bonchev–Trinajstić information content (AvgIpc) is 3.01. The minimum atomic E-state index is -1.40. The van der Waals surface area contributed by atoms with E-state index in [1.807, 2.05) is 24.3 Å². The van der Waals surface area contributed by atoms with Gasteiger partial charge in [-0.15, -0.1) is 0 Å². The van der Waals surface area contributed by atoms with Crippen molar-refractivity contribution >= 4 is 29.2 Å². The van der Waals surface area contributed by atoms with E-state index in [0.29, 0.717) is 6.41 Å². The molecule has 8 heteroatoms. The van der Waals surface area contributed by atoms with E-state index in [2.05, 4.69) is 10.3 Å². The lowest BCUT2D eigenvalue weighted by Crippen LogP contribution is -2.59. The monoisotopic (exact) mass is 389 g/mol. The Kier molecular flexibility index (Phi) is 6.14. The number of carboxylic acids is 1. The van der Waals surface area contributed by atoms with Gasteiger partial charge in [0, 0.05) is 23.5 Å². The maximum atomic E-state index is 12.8. The summed E-state index contributed by atoms with van der Waals surface area (Å²) in [5, 5.41) is 13.9. The normalized spacial score (nSPS) is 13.2. The Morgan fingerprint density at radius 3 is 2.46 bits per heavy atom. The Morgan fingerprint density at radius 1 is 1.25 bits per heavy atom. The second-order valence-corrected chi connectivity index (χ2v) is 8.12. The van der Waals surface area contributed by atoms with Crippen LogP contribution >= 0.6 is 0 Å². The summed E-state index contributed by atoms with van der Waals surface area (Å²) in [6.45, 7) is 8.22. The van der Waals surface area contributed by atoms with Gasteiger partial charge in [0.25, 0.3) is 0 Å². The van der Waals surface area contributed by atoms with Crippen LogP contribution in [0.15, 0.2) is 30.5 Å². The molecule has 0 aliphatic rings. The number of hydrogen-bond donors (Lipinski definition) is 3. The Balaban J connectivity index is 2.19. The zero-order valence-corrected chi connectivity index (χ0v) is 16.8. The van der Waals surface area contributed by atoms with Crippen LogP contribution in [0.1, 0.15) is 40.2 Å². The molecule has 28 heavy (non-hydrogen) atoms. The van der Waals surface area contributed by atoms with Crippen molar-refractivity contribution in [1.82, 2.24) is 15.4 Å². The van der Waals surface area contributed by atoms with Crippen LogP contribution in [0.25, 0.3) is 10.9 Å². The molecule has 0 spiro atoms. The third-order valence-electron chi connectivity index (χ3n) is 4.28. The lowest BCUT2D eigenvalue weighted by atomic mass is 10.0. The van der Waals surface area contributed by atoms with Crippen molar-refractivity contribution in [3.8, 4) is 0 Å². The highest BCUT2D eigenvalue weighted by Crippen LogP contribution is 2.21. The van der Waals surface area contributed by atoms with E-state index in [4.69, 9.17) is 4.84 Å². The van der Waals surface area contributed by atoms with Gasteiger partial charge in [0.05, 0.1) is 5.60 Å². The number of benzene rings is 1. The topological polar surface area (TPSA) is 112 Å². The minimum absolute atomic E-state index is 0.0996. The number of fused-ring (bicyclic) bond motifs is 1. The van der Waals surface area contributed by atoms with Crippen molar-refractivity contribution in [2.75, 3.05) is 0 Å². The van der Waals surface area contributed by atoms with Gasteiger partial charge in [0.15, 0.2) is 0 Å². The summed E-state index contributed by atoms with van der Waals surface area (Å²) in [6, 6.07) is 6.36. The van der Waals surface area contributed by atoms with Crippen LogP contribution in [-0.4, -0.2) is 50.6 Å². The van der Waals surface area contributed by atoms with E-state index < -0.39 is 29.1 Å². The van der Waals surface area contributed by atoms with Gasteiger partial charge in [0.1, 0.15) is 11.6 Å². The van der Waals surface area contributed by atoms with Crippen LogP contribution in [0.5, 0.6) is 0 Å². The molecule has 1 aromatic carbocycles. The highest BCUT2D eigenvalue weighted by molar-refractivity contribution is 5.91. The third-order valence-corrected chi connectivity index (χ3v) is 4.28. The highest BCUT2D eigenvalue weighted by Gasteiger charge is 2.39. The number of carbonyl (C=O) groups excluding carboxylic acids is 2. The number of H-pyrrole nitrogens is 1. The summed E-state index contributed by atoms with van der Waals surface area (Å²) in [4.78, 5) is 44.6. The molecule has 2 aromatic rings. The van der Waals surface area contributed by atoms with Crippen LogP contribution in [0.3, 0.4) is 0 Å². The molecule has 0 radical (unpaired) electrons. The van der Waals surface area contributed by atoms with Crippen molar-refractivity contribution in [2.24, 2.45) is 0 Å². The number of hydrogen-bond acceptors (Lipinski definition) is 4. The second-order valence-electron chi connectivity index (χ2n) is 8.12. The van der Waals surface area contributed by atoms with Crippen LogP contribution in [0.4, 0.5) is 0 Å². The van der Waals surface area contributed by atoms with E-state index in [0.717, 1.165) is 21.5 Å². The molecular formula is C20H27N3O5. The van der Waals surface area contributed by atoms with E-state index in [-0.39, 0.29) is 6.42 Å². The number of nitrogens with zero attached hydrogens (tertiary/aromatic N) is 1. The van der Waals surface area contributed by atoms with Crippen molar-refractivity contribution < 1.29 is 24.3 Å². The largest absolute Gasteiger partial charge is 0.480 e. The number of nitrogens with one attached hydrogen (secondary N) is 2. The molecule has 3 N–H and O–H groups in total. The van der Waals surface area contributed by atoms with Crippen molar-refractivity contribution in [1.29, 1.82) is 0 Å². The SMILES string of the molecule is CC(C)(C)ON(C=O)C(C)(C)C(=O)N[C@H](Cc1c[nH]c2ccccc12)C(=O)O. The minimum Gasteiger partial charge on any atom is -0.480 e. The van der Waals surface area contributed by atoms with Crippen LogP contribution in [0, 0.1) is 0 Å². The molecule has 0 saturated carbocycles. The van der Waals surface area contributed by atoms with Gasteiger partial charge in [-0.25, -0.2) is 9.86 Å². The predicted molar refractivity (Wildman–Crippen MR) is 104 cm³/mol. The zero-order chi connectivity index (χ0) is 21.1. The molecule has 0 fully saturated rings. The van der Waals surface area contributed by atoms with E-state index >= 15 is 0 Å². The van der Waals surface area contributed by atoms with Crippen LogP contribution < -0.4 is 5.32 Å². The summed E-state index contributed by atoms with van der Waals surface area (Å²) in [6.07, 6.45) is 2.25. The lowest BCUT2D eigenvalue weighted by Gasteiger charge is -2.37. The molecule has 2 rings (SSSR count). The zero-order valence-electron chi connectivity index (χ0n) is 16.8. The maximum absolute atomic E-state index is 12.8. The summed E-state index contributed by atoms with van der Waals surface area (Å²) in [7, 11) is 0. The molecule has 1 atom stereocenters. The Labute approximate surface area is 163 Å². The van der Waals surface area contributed by atoms with Gasteiger partial charge in [-0.1, -0.05) is 18.2 Å². The molecule has 1 aromatic heterocycles. The summed E-state index contributed by atoms with van der Waals surface area (Å²) < 4.78 is 0. The molecule has 1 heterocycles. The third kappa shape index (κ3) is 4.89. The molecule has 0 saturated heterocycles. The average molecular weight is 389 g/mol. The standard InChI is InChI=1S/C20H27N3O5/c1-19(2,3)28-23(12-24)20(4,5)18(27)22-16(17(25)26)10-13-11-21-15-9-7-6-8-14(13)15/h6-9,11-12,16,21H,10H2,1-5H3,(H,22,27)(H,25,26)/t16-/m1/s1. The second kappa shape index (κ2) is 8.02. The first-order valence-corrected chi connectivity index (χ1v) is 8.98. The summed E-state index contributed by atoms with van der Waals surface area (Å²) in [5.41, 5.74) is -0.434. The molecule has 152 valence electrons. The van der Waals surface area contributed by atoms with Gasteiger partial charge in [-0.3, -0.25) is 14.4 Å². The number of para-hydroxylation sites is 1. The number of carboxylic acid groups (broad SMARTS) is 1. The van der Waals surface area contributed by atoms with Gasteiger partial charge < -0.3 is 15.4 Å². The lowest BCUT2D eigenvalue weighted by molar-refractivity contribution is -0.247. The van der Waals surface area contributed by atoms with Crippen molar-refractivity contribution in [3.05, 3.63) is 36.0 Å². The first-order chi connectivity index (χ1) is 13.0. The quantitative estimate of drug-likeness (QED) is 0.474. The molecule has 8 nitrogen and oxygen atoms in total. The summed E-state index contributed by atoms with van der Waals surface area (Å²) >= 11 is 0. The maximum Gasteiger partial charge on any atom is 0.326 e. The number of aromatic amines is 1. The van der Waals surface area contributed by atoms with E-state index in [1.54, 1.807) is 27.0 Å². The fourth-order valence-electron chi connectivity index (χ4n) is 2.72. The van der Waals surface area contributed by atoms with Crippen LogP contribution in [0.2, 0.25) is 0 Å². The molecule has 2 amide bonds. The van der Waals surface area contributed by atoms with Crippen molar-refractivity contribution in [3.63, 3.8) is 0 Å². The summed E-state index contributed by atoms with van der Waals surface area (Å²) in [5.74, 6) is -1.79. The van der Waals surface area contributed by atoms with E-state index in [1.165, 1.54) is 13.8 Å². The molecule has 0 bridgehead atoms. The number of amides is 2. The van der Waals surface area contributed by atoms with E-state index in [9.17, 15) is 19.5 Å². The van der Waals surface area contributed by atoms with Gasteiger partial charge in [0.2, 0.25) is 12.3 Å². The number of rotatable bonds is 8. The Hall–Kier alpha value is -2.87. The van der Waals surface area contributed by atoms with Gasteiger partial charge in [-0.05, 0) is 46.2 Å². The molecule has 0 unspecified atom stereocenters. The molecule has 0 aliphatic heterocycles. The number of aromatic nitrogens is 1. The number of aliphatic carboxylic acids is 1. The van der Waals surface area contributed by atoms with Gasteiger partial charge in [-0.2, -0.15) is 0 Å². The van der Waals surface area contributed by atoms with Crippen LogP contribution in [-0.2, 0) is 25.6 Å². The molecule has 0 aliphatic carbocycles.